The smallest absolute Gasteiger partial charge is 0.411 e. The fourth-order valence-corrected chi connectivity index (χ4v) is 2.04. The summed E-state index contributed by atoms with van der Waals surface area (Å²) in [6.07, 6.45) is 0.576. The Morgan fingerprint density at radius 2 is 1.76 bits per heavy atom. The molecule has 21 heavy (non-hydrogen) atoms. The highest BCUT2D eigenvalue weighted by Crippen LogP contribution is 2.30. The zero-order valence-corrected chi connectivity index (χ0v) is 13.4. The third-order valence-corrected chi connectivity index (χ3v) is 3.13. The molecule has 0 aromatic rings. The first-order chi connectivity index (χ1) is 9.51. The number of nitrogens with zero attached hydrogens (tertiary/aromatic N) is 1. The second-order valence-corrected chi connectivity index (χ2v) is 6.63. The molecule has 0 atom stereocenters. The fraction of sp³-hybridized carbons (Fsp3) is 0.857. The molecule has 0 bridgehead atoms. The van der Waals surface area contributed by atoms with E-state index >= 15 is 0 Å². The Morgan fingerprint density at radius 1 is 1.24 bits per heavy atom. The van der Waals surface area contributed by atoms with E-state index in [0.717, 1.165) is 0 Å². The second kappa shape index (κ2) is 6.51. The van der Waals surface area contributed by atoms with Gasteiger partial charge in [0.15, 0.2) is 0 Å². The normalized spacial score (nSPS) is 25.9. The molecular formula is C14H26N2O5. The molecule has 1 aliphatic rings. The molecule has 7 nitrogen and oxygen atoms in total. The van der Waals surface area contributed by atoms with E-state index in [1.54, 1.807) is 34.9 Å². The molecule has 1 fully saturated rings. The lowest BCUT2D eigenvalue weighted by Crippen LogP contribution is -2.47. The molecular weight excluding hydrogens is 276 g/mol. The van der Waals surface area contributed by atoms with Gasteiger partial charge in [0.1, 0.15) is 5.60 Å². The standard InChI is InChI=1S/C14H26N2O5/c1-13(2,3)20-11(17)15-10-6-8-14(19,9-7-10)21-12(18)16(4)5/h10,19H,6-9H2,1-5H3,(H,15,17). The number of amides is 2. The van der Waals surface area contributed by atoms with E-state index in [4.69, 9.17) is 9.47 Å². The number of ether oxygens (including phenoxy) is 2. The Bertz CT molecular complexity index is 381. The van der Waals surface area contributed by atoms with Gasteiger partial charge in [-0.05, 0) is 33.6 Å². The van der Waals surface area contributed by atoms with E-state index in [2.05, 4.69) is 5.32 Å². The highest BCUT2D eigenvalue weighted by Gasteiger charge is 2.38. The Labute approximate surface area is 125 Å². The molecule has 0 aromatic carbocycles. The van der Waals surface area contributed by atoms with Crippen molar-refractivity contribution in [1.29, 1.82) is 0 Å². The van der Waals surface area contributed by atoms with E-state index in [0.29, 0.717) is 12.8 Å². The van der Waals surface area contributed by atoms with Crippen molar-refractivity contribution in [3.63, 3.8) is 0 Å². The van der Waals surface area contributed by atoms with Gasteiger partial charge in [-0.2, -0.15) is 0 Å². The number of rotatable bonds is 2. The number of carbonyl (C=O) groups excluding carboxylic acids is 2. The van der Waals surface area contributed by atoms with Gasteiger partial charge in [0.2, 0.25) is 5.79 Å². The van der Waals surface area contributed by atoms with Gasteiger partial charge in [0, 0.05) is 33.0 Å². The van der Waals surface area contributed by atoms with Crippen LogP contribution in [0.3, 0.4) is 0 Å². The number of nitrogens with one attached hydrogen (secondary N) is 1. The molecule has 0 spiro atoms. The zero-order chi connectivity index (χ0) is 16.3. The fourth-order valence-electron chi connectivity index (χ4n) is 2.04. The maximum Gasteiger partial charge on any atom is 0.411 e. The van der Waals surface area contributed by atoms with E-state index < -0.39 is 23.6 Å². The van der Waals surface area contributed by atoms with Gasteiger partial charge < -0.3 is 24.8 Å². The van der Waals surface area contributed by atoms with Crippen LogP contribution in [0.4, 0.5) is 9.59 Å². The van der Waals surface area contributed by atoms with Crippen molar-refractivity contribution < 1.29 is 24.2 Å². The average molecular weight is 302 g/mol. The van der Waals surface area contributed by atoms with Crippen LogP contribution in [0.5, 0.6) is 0 Å². The molecule has 1 rings (SSSR count). The highest BCUT2D eigenvalue weighted by atomic mass is 16.7. The van der Waals surface area contributed by atoms with Gasteiger partial charge in [0.05, 0.1) is 0 Å². The van der Waals surface area contributed by atoms with Crippen molar-refractivity contribution in [3.8, 4) is 0 Å². The summed E-state index contributed by atoms with van der Waals surface area (Å²) in [6.45, 7) is 5.40. The SMILES string of the molecule is CN(C)C(=O)OC1(O)CCC(NC(=O)OC(C)(C)C)CC1. The number of hydrogen-bond donors (Lipinski definition) is 2. The van der Waals surface area contributed by atoms with Gasteiger partial charge in [-0.25, -0.2) is 9.59 Å². The molecule has 2 amide bonds. The predicted molar refractivity (Wildman–Crippen MR) is 76.7 cm³/mol. The lowest BCUT2D eigenvalue weighted by atomic mass is 9.90. The third kappa shape index (κ3) is 6.20. The minimum atomic E-state index is -1.45. The second-order valence-electron chi connectivity index (χ2n) is 6.63. The minimum Gasteiger partial charge on any atom is -0.444 e. The molecule has 2 N–H and O–H groups in total. The summed E-state index contributed by atoms with van der Waals surface area (Å²) in [5.74, 6) is -1.45. The zero-order valence-electron chi connectivity index (χ0n) is 13.4. The van der Waals surface area contributed by atoms with Crippen LogP contribution in [0.2, 0.25) is 0 Å². The molecule has 7 heteroatoms. The number of carbonyl (C=O) groups is 2. The summed E-state index contributed by atoms with van der Waals surface area (Å²) in [4.78, 5) is 24.4. The summed E-state index contributed by atoms with van der Waals surface area (Å²) in [5.41, 5.74) is -0.541. The van der Waals surface area contributed by atoms with Crippen LogP contribution in [0.25, 0.3) is 0 Å². The average Bonchev–Trinajstić information content (AvgIpc) is 2.29. The van der Waals surface area contributed by atoms with Crippen molar-refractivity contribution in [2.24, 2.45) is 0 Å². The molecule has 0 saturated heterocycles. The topological polar surface area (TPSA) is 88.1 Å². The Morgan fingerprint density at radius 3 is 2.19 bits per heavy atom. The third-order valence-electron chi connectivity index (χ3n) is 3.13. The maximum atomic E-state index is 11.7. The number of aliphatic hydroxyl groups is 1. The molecule has 0 unspecified atom stereocenters. The lowest BCUT2D eigenvalue weighted by molar-refractivity contribution is -0.187. The maximum absolute atomic E-state index is 11.7. The molecule has 0 aromatic heterocycles. The van der Waals surface area contributed by atoms with Crippen molar-refractivity contribution in [3.05, 3.63) is 0 Å². The molecule has 1 aliphatic carbocycles. The van der Waals surface area contributed by atoms with Crippen LogP contribution in [0.1, 0.15) is 46.5 Å². The van der Waals surface area contributed by atoms with Crippen LogP contribution in [-0.2, 0) is 9.47 Å². The first-order valence-corrected chi connectivity index (χ1v) is 7.13. The first-order valence-electron chi connectivity index (χ1n) is 7.13. The highest BCUT2D eigenvalue weighted by molar-refractivity contribution is 5.68. The van der Waals surface area contributed by atoms with Gasteiger partial charge in [-0.15, -0.1) is 0 Å². The summed E-state index contributed by atoms with van der Waals surface area (Å²) in [7, 11) is 3.11. The van der Waals surface area contributed by atoms with Crippen molar-refractivity contribution in [2.45, 2.75) is 63.9 Å². The summed E-state index contributed by atoms with van der Waals surface area (Å²) < 4.78 is 10.3. The Balaban J connectivity index is 2.41. The van der Waals surface area contributed by atoms with E-state index in [-0.39, 0.29) is 18.9 Å². The quantitative estimate of drug-likeness (QED) is 0.760. The first kappa shape index (κ1) is 17.6. The van der Waals surface area contributed by atoms with Gasteiger partial charge in [-0.3, -0.25) is 0 Å². The molecule has 0 aliphatic heterocycles. The van der Waals surface area contributed by atoms with Crippen LogP contribution in [0, 0.1) is 0 Å². The molecule has 122 valence electrons. The lowest BCUT2D eigenvalue weighted by Gasteiger charge is -2.36. The van der Waals surface area contributed by atoms with Crippen LogP contribution >= 0.6 is 0 Å². The molecule has 0 heterocycles. The molecule has 0 radical (unpaired) electrons. The van der Waals surface area contributed by atoms with E-state index in [9.17, 15) is 14.7 Å². The monoisotopic (exact) mass is 302 g/mol. The number of alkyl carbamates (subject to hydrolysis) is 1. The summed E-state index contributed by atoms with van der Waals surface area (Å²) >= 11 is 0. The molecule has 1 saturated carbocycles. The van der Waals surface area contributed by atoms with Crippen LogP contribution in [0.15, 0.2) is 0 Å². The van der Waals surface area contributed by atoms with Crippen LogP contribution in [-0.4, -0.2) is 53.7 Å². The van der Waals surface area contributed by atoms with Gasteiger partial charge in [0.25, 0.3) is 0 Å². The van der Waals surface area contributed by atoms with Gasteiger partial charge >= 0.3 is 12.2 Å². The van der Waals surface area contributed by atoms with E-state index in [1.807, 2.05) is 0 Å². The Hall–Kier alpha value is -1.50. The van der Waals surface area contributed by atoms with Crippen LogP contribution < -0.4 is 5.32 Å². The minimum absolute atomic E-state index is 0.0850. The summed E-state index contributed by atoms with van der Waals surface area (Å²) in [6, 6.07) is -0.0850. The predicted octanol–water partition coefficient (Wildman–Crippen LogP) is 1.84. The van der Waals surface area contributed by atoms with Crippen molar-refractivity contribution in [2.75, 3.05) is 14.1 Å². The van der Waals surface area contributed by atoms with E-state index in [1.165, 1.54) is 4.90 Å². The summed E-state index contributed by atoms with van der Waals surface area (Å²) in [5, 5.41) is 13.0. The van der Waals surface area contributed by atoms with Crippen molar-refractivity contribution in [1.82, 2.24) is 10.2 Å². The largest absolute Gasteiger partial charge is 0.444 e. The Kier molecular flexibility index (Phi) is 5.44. The number of hydrogen-bond acceptors (Lipinski definition) is 5. The van der Waals surface area contributed by atoms with Gasteiger partial charge in [-0.1, -0.05) is 0 Å². The van der Waals surface area contributed by atoms with Crippen molar-refractivity contribution >= 4 is 12.2 Å².